The number of aryl methyl sites for hydroxylation is 1. The van der Waals surface area contributed by atoms with E-state index in [4.69, 9.17) is 11.6 Å². The van der Waals surface area contributed by atoms with Crippen molar-refractivity contribution in [3.63, 3.8) is 0 Å². The first-order valence-electron chi connectivity index (χ1n) is 9.38. The average molecular weight is 468 g/mol. The highest BCUT2D eigenvalue weighted by molar-refractivity contribution is 7.89. The predicted molar refractivity (Wildman–Crippen MR) is 116 cm³/mol. The lowest BCUT2D eigenvalue weighted by molar-refractivity contribution is -0.120. The number of benzene rings is 2. The number of sulfonamides is 1. The Hall–Kier alpha value is -2.07. The van der Waals surface area contributed by atoms with Crippen molar-refractivity contribution in [2.24, 2.45) is 5.92 Å². The summed E-state index contributed by atoms with van der Waals surface area (Å²) in [7, 11) is -3.79. The van der Waals surface area contributed by atoms with E-state index >= 15 is 0 Å². The molecule has 1 N–H and O–H groups in total. The van der Waals surface area contributed by atoms with E-state index in [2.05, 4.69) is 10.3 Å². The number of amides is 1. The van der Waals surface area contributed by atoms with Crippen LogP contribution in [0, 0.1) is 18.7 Å². The third-order valence-corrected chi connectivity index (χ3v) is 8.44. The molecule has 2 aromatic carbocycles. The molecule has 1 fully saturated rings. The Kier molecular flexibility index (Phi) is 5.80. The van der Waals surface area contributed by atoms with E-state index < -0.39 is 21.8 Å². The zero-order valence-corrected chi connectivity index (χ0v) is 18.5. The second-order valence-electron chi connectivity index (χ2n) is 7.21. The second kappa shape index (κ2) is 8.22. The largest absolute Gasteiger partial charge is 0.302 e. The van der Waals surface area contributed by atoms with Gasteiger partial charge in [-0.3, -0.25) is 4.79 Å². The zero-order chi connectivity index (χ0) is 21.5. The van der Waals surface area contributed by atoms with E-state index in [1.165, 1.54) is 27.8 Å². The van der Waals surface area contributed by atoms with E-state index in [9.17, 15) is 17.6 Å². The first-order valence-corrected chi connectivity index (χ1v) is 12.0. The highest BCUT2D eigenvalue weighted by Crippen LogP contribution is 2.34. The first kappa shape index (κ1) is 21.2. The molecule has 0 bridgehead atoms. The molecule has 0 aliphatic carbocycles. The highest BCUT2D eigenvalue weighted by Gasteiger charge is 2.33. The fraction of sp³-hybridized carbons (Fsp3) is 0.300. The summed E-state index contributed by atoms with van der Waals surface area (Å²) in [5.74, 6) is -1.28. The number of anilines is 1. The van der Waals surface area contributed by atoms with Gasteiger partial charge in [-0.15, -0.1) is 0 Å². The minimum absolute atomic E-state index is 0.0150. The van der Waals surface area contributed by atoms with Crippen molar-refractivity contribution in [1.82, 2.24) is 9.29 Å². The zero-order valence-electron chi connectivity index (χ0n) is 16.1. The highest BCUT2D eigenvalue weighted by atomic mass is 35.5. The standard InChI is InChI=1S/C20H19ClFN3O3S2/c1-12-4-9-16(21)18-17(12)23-20(29-18)24-19(26)13-3-2-10-25(11-13)30(27,28)15-7-5-14(22)6-8-15/h4-9,13H,2-3,10-11H2,1H3,(H,23,24,26). The van der Waals surface area contributed by atoms with Gasteiger partial charge in [-0.2, -0.15) is 4.31 Å². The summed E-state index contributed by atoms with van der Waals surface area (Å²) in [6.45, 7) is 2.30. The number of nitrogens with one attached hydrogen (secondary N) is 1. The van der Waals surface area contributed by atoms with Crippen molar-refractivity contribution in [2.45, 2.75) is 24.7 Å². The summed E-state index contributed by atoms with van der Waals surface area (Å²) >= 11 is 7.52. The minimum atomic E-state index is -3.79. The van der Waals surface area contributed by atoms with Gasteiger partial charge in [0.15, 0.2) is 5.13 Å². The van der Waals surface area contributed by atoms with Crippen LogP contribution in [0.25, 0.3) is 10.2 Å². The lowest BCUT2D eigenvalue weighted by atomic mass is 9.99. The summed E-state index contributed by atoms with van der Waals surface area (Å²) in [6, 6.07) is 8.36. The molecule has 6 nitrogen and oxygen atoms in total. The molecule has 30 heavy (non-hydrogen) atoms. The van der Waals surface area contributed by atoms with Gasteiger partial charge in [-0.1, -0.05) is 29.0 Å². The topological polar surface area (TPSA) is 79.4 Å². The van der Waals surface area contributed by atoms with Crippen LogP contribution in [-0.2, 0) is 14.8 Å². The van der Waals surface area contributed by atoms with E-state index in [1.54, 1.807) is 6.07 Å². The maximum Gasteiger partial charge on any atom is 0.243 e. The fourth-order valence-electron chi connectivity index (χ4n) is 3.49. The monoisotopic (exact) mass is 467 g/mol. The van der Waals surface area contributed by atoms with Gasteiger partial charge in [0.25, 0.3) is 0 Å². The number of aromatic nitrogens is 1. The molecule has 4 rings (SSSR count). The molecular weight excluding hydrogens is 449 g/mol. The van der Waals surface area contributed by atoms with E-state index in [0.29, 0.717) is 29.5 Å². The van der Waals surface area contributed by atoms with Gasteiger partial charge >= 0.3 is 0 Å². The number of halogens is 2. The Bertz CT molecular complexity index is 1170. The number of fused-ring (bicyclic) bond motifs is 1. The van der Waals surface area contributed by atoms with Crippen LogP contribution in [0.2, 0.25) is 5.02 Å². The lowest BCUT2D eigenvalue weighted by Crippen LogP contribution is -2.43. The van der Waals surface area contributed by atoms with Gasteiger partial charge < -0.3 is 5.32 Å². The van der Waals surface area contributed by atoms with Crippen LogP contribution in [0.4, 0.5) is 9.52 Å². The number of piperidine rings is 1. The molecule has 1 aromatic heterocycles. The summed E-state index contributed by atoms with van der Waals surface area (Å²) in [5.41, 5.74) is 1.70. The lowest BCUT2D eigenvalue weighted by Gasteiger charge is -2.31. The van der Waals surface area contributed by atoms with Crippen LogP contribution in [0.15, 0.2) is 41.3 Å². The van der Waals surface area contributed by atoms with Crippen molar-refractivity contribution < 1.29 is 17.6 Å². The second-order valence-corrected chi connectivity index (χ2v) is 10.6. The Balaban J connectivity index is 1.50. The normalized spacial score (nSPS) is 17.9. The molecule has 1 aliphatic rings. The number of nitrogens with zero attached hydrogens (tertiary/aromatic N) is 2. The molecular formula is C20H19ClFN3O3S2. The molecule has 0 spiro atoms. The van der Waals surface area contributed by atoms with Crippen molar-refractivity contribution in [3.05, 3.63) is 52.8 Å². The van der Waals surface area contributed by atoms with E-state index in [-0.39, 0.29) is 17.3 Å². The van der Waals surface area contributed by atoms with E-state index in [0.717, 1.165) is 27.9 Å². The Labute approximate surface area is 182 Å². The van der Waals surface area contributed by atoms with Crippen molar-refractivity contribution >= 4 is 54.2 Å². The smallest absolute Gasteiger partial charge is 0.243 e. The molecule has 1 amide bonds. The maximum absolute atomic E-state index is 13.1. The van der Waals surface area contributed by atoms with Crippen LogP contribution in [-0.4, -0.2) is 36.7 Å². The summed E-state index contributed by atoms with van der Waals surface area (Å²) in [4.78, 5) is 17.3. The first-order chi connectivity index (χ1) is 14.3. The number of thiazole rings is 1. The SMILES string of the molecule is Cc1ccc(Cl)c2sc(NC(=O)C3CCCN(S(=O)(=O)c4ccc(F)cc4)C3)nc12. The number of hydrogen-bond acceptors (Lipinski definition) is 5. The minimum Gasteiger partial charge on any atom is -0.302 e. The molecule has 10 heteroatoms. The van der Waals surface area contributed by atoms with Crippen LogP contribution < -0.4 is 5.32 Å². The number of hydrogen-bond donors (Lipinski definition) is 1. The summed E-state index contributed by atoms with van der Waals surface area (Å²) < 4.78 is 41.0. The molecule has 2 heterocycles. The number of carbonyl (C=O) groups excluding carboxylic acids is 1. The van der Waals surface area contributed by atoms with Gasteiger partial charge in [0.1, 0.15) is 5.82 Å². The third kappa shape index (κ3) is 4.07. The van der Waals surface area contributed by atoms with Gasteiger partial charge in [0.2, 0.25) is 15.9 Å². The van der Waals surface area contributed by atoms with Crippen molar-refractivity contribution in [1.29, 1.82) is 0 Å². The third-order valence-electron chi connectivity index (χ3n) is 5.13. The van der Waals surface area contributed by atoms with E-state index in [1.807, 2.05) is 13.0 Å². The quantitative estimate of drug-likeness (QED) is 0.615. The fourth-order valence-corrected chi connectivity index (χ4v) is 6.24. The molecule has 3 aromatic rings. The Morgan fingerprint density at radius 3 is 2.70 bits per heavy atom. The van der Waals surface area contributed by atoms with Crippen LogP contribution >= 0.6 is 22.9 Å². The average Bonchev–Trinajstić information content (AvgIpc) is 3.16. The van der Waals surface area contributed by atoms with Crippen LogP contribution in [0.3, 0.4) is 0 Å². The molecule has 158 valence electrons. The van der Waals surface area contributed by atoms with Gasteiger partial charge in [0.05, 0.1) is 26.1 Å². The summed E-state index contributed by atoms with van der Waals surface area (Å²) in [5, 5.41) is 3.82. The molecule has 0 radical (unpaired) electrons. The molecule has 1 saturated heterocycles. The molecule has 1 unspecified atom stereocenters. The summed E-state index contributed by atoms with van der Waals surface area (Å²) in [6.07, 6.45) is 1.13. The van der Waals surface area contributed by atoms with Crippen LogP contribution in [0.5, 0.6) is 0 Å². The maximum atomic E-state index is 13.1. The number of rotatable bonds is 4. The Morgan fingerprint density at radius 2 is 2.00 bits per heavy atom. The predicted octanol–water partition coefficient (Wildman–Crippen LogP) is 4.44. The van der Waals surface area contributed by atoms with Crippen LogP contribution in [0.1, 0.15) is 18.4 Å². The van der Waals surface area contributed by atoms with Crippen molar-refractivity contribution in [2.75, 3.05) is 18.4 Å². The molecule has 1 aliphatic heterocycles. The Morgan fingerprint density at radius 1 is 1.27 bits per heavy atom. The van der Waals surface area contributed by atoms with Gasteiger partial charge in [-0.25, -0.2) is 17.8 Å². The molecule has 1 atom stereocenters. The number of carbonyl (C=O) groups is 1. The van der Waals surface area contributed by atoms with Crippen molar-refractivity contribution in [3.8, 4) is 0 Å². The molecule has 0 saturated carbocycles. The van der Waals surface area contributed by atoms with Gasteiger partial charge in [-0.05, 0) is 55.7 Å². The van der Waals surface area contributed by atoms with Gasteiger partial charge in [0, 0.05) is 13.1 Å².